The zero-order valence-corrected chi connectivity index (χ0v) is 17.1. The monoisotopic (exact) mass is 419 g/mol. The minimum Gasteiger partial charge on any atom is -0.368 e. The van der Waals surface area contributed by atoms with Gasteiger partial charge in [0.15, 0.2) is 11.5 Å². The summed E-state index contributed by atoms with van der Waals surface area (Å²) in [5.41, 5.74) is 9.86. The highest BCUT2D eigenvalue weighted by Crippen LogP contribution is 2.34. The van der Waals surface area contributed by atoms with E-state index in [2.05, 4.69) is 20.0 Å². The lowest BCUT2D eigenvalue weighted by atomic mass is 10.0. The van der Waals surface area contributed by atoms with Crippen molar-refractivity contribution in [2.75, 3.05) is 18.8 Å². The normalized spacial score (nSPS) is 14.5. The van der Waals surface area contributed by atoms with Gasteiger partial charge in [0.2, 0.25) is 5.95 Å². The molecule has 0 amide bonds. The van der Waals surface area contributed by atoms with Crippen LogP contribution in [0.15, 0.2) is 41.3 Å². The molecule has 0 radical (unpaired) electrons. The van der Waals surface area contributed by atoms with E-state index in [9.17, 15) is 9.18 Å². The minimum atomic E-state index is -0.338. The first kappa shape index (κ1) is 19.4. The molecule has 4 aromatic rings. The maximum Gasteiger partial charge on any atom is 0.250 e. The summed E-state index contributed by atoms with van der Waals surface area (Å²) in [5, 5.41) is 4.60. The summed E-state index contributed by atoms with van der Waals surface area (Å²) in [5.74, 6) is 0.517. The number of nitrogens with zero attached hydrogens (tertiary/aromatic N) is 5. The van der Waals surface area contributed by atoms with Crippen LogP contribution in [0.1, 0.15) is 24.2 Å². The van der Waals surface area contributed by atoms with Crippen molar-refractivity contribution < 1.29 is 4.39 Å². The summed E-state index contributed by atoms with van der Waals surface area (Å²) in [7, 11) is 0. The van der Waals surface area contributed by atoms with Crippen LogP contribution in [0.3, 0.4) is 0 Å². The fourth-order valence-corrected chi connectivity index (χ4v) is 4.03. The second-order valence-electron chi connectivity index (χ2n) is 7.85. The Labute approximate surface area is 177 Å². The zero-order chi connectivity index (χ0) is 21.5. The lowest BCUT2D eigenvalue weighted by Crippen LogP contribution is -2.19. The number of aryl methyl sites for hydroxylation is 1. The Balaban J connectivity index is 1.75. The number of likely N-dealkylation sites (tertiary alicyclic amines) is 1. The summed E-state index contributed by atoms with van der Waals surface area (Å²) >= 11 is 0. The van der Waals surface area contributed by atoms with Gasteiger partial charge in [-0.15, -0.1) is 5.10 Å². The number of nitrogen functional groups attached to an aromatic ring is 1. The quantitative estimate of drug-likeness (QED) is 0.527. The Morgan fingerprint density at radius 3 is 2.58 bits per heavy atom. The molecule has 8 nitrogen and oxygen atoms in total. The van der Waals surface area contributed by atoms with E-state index in [1.165, 1.54) is 29.5 Å². The number of nitrogens with one attached hydrogen (secondary N) is 1. The molecule has 0 atom stereocenters. The standard InChI is InChI=1S/C22H22FN7O/c1-13-10-15(11-25-21(13)31)18-19(14-4-6-16(23)7-5-14)27-22(24)30-20(18)26-17(28-30)12-29-8-2-3-9-29/h4-7,10-11H,2-3,8-9,12H2,1H3,(H2,24,27)(H,25,31). The van der Waals surface area contributed by atoms with Crippen molar-refractivity contribution in [3.8, 4) is 22.4 Å². The second-order valence-corrected chi connectivity index (χ2v) is 7.85. The lowest BCUT2D eigenvalue weighted by molar-refractivity contribution is 0.322. The third kappa shape index (κ3) is 3.57. The van der Waals surface area contributed by atoms with Crippen molar-refractivity contribution in [2.45, 2.75) is 26.3 Å². The largest absolute Gasteiger partial charge is 0.368 e. The number of aromatic amines is 1. The van der Waals surface area contributed by atoms with Crippen LogP contribution in [0.4, 0.5) is 10.3 Å². The van der Waals surface area contributed by atoms with Crippen molar-refractivity contribution >= 4 is 11.6 Å². The van der Waals surface area contributed by atoms with Crippen LogP contribution >= 0.6 is 0 Å². The molecular weight excluding hydrogens is 397 g/mol. The summed E-state index contributed by atoms with van der Waals surface area (Å²) < 4.78 is 15.1. The second kappa shape index (κ2) is 7.59. The molecule has 1 fully saturated rings. The maximum atomic E-state index is 13.5. The molecule has 1 saturated heterocycles. The van der Waals surface area contributed by atoms with E-state index < -0.39 is 0 Å². The zero-order valence-electron chi connectivity index (χ0n) is 17.1. The molecule has 0 bridgehead atoms. The van der Waals surface area contributed by atoms with E-state index >= 15 is 0 Å². The van der Waals surface area contributed by atoms with Crippen LogP contribution in [0.2, 0.25) is 0 Å². The van der Waals surface area contributed by atoms with Gasteiger partial charge in [0.05, 0.1) is 17.8 Å². The number of aromatic nitrogens is 5. The molecule has 1 aliphatic rings. The predicted octanol–water partition coefficient (Wildman–Crippen LogP) is 2.77. The van der Waals surface area contributed by atoms with Crippen LogP contribution in [0.25, 0.3) is 28.0 Å². The number of rotatable bonds is 4. The summed E-state index contributed by atoms with van der Waals surface area (Å²) in [6, 6.07) is 7.84. The van der Waals surface area contributed by atoms with Crippen LogP contribution in [-0.2, 0) is 6.54 Å². The molecule has 0 spiro atoms. The molecule has 31 heavy (non-hydrogen) atoms. The van der Waals surface area contributed by atoms with E-state index in [0.717, 1.165) is 18.7 Å². The van der Waals surface area contributed by atoms with Crippen LogP contribution < -0.4 is 11.3 Å². The molecule has 9 heteroatoms. The van der Waals surface area contributed by atoms with Gasteiger partial charge in [-0.2, -0.15) is 4.52 Å². The fraction of sp³-hybridized carbons (Fsp3) is 0.273. The number of H-pyrrole nitrogens is 1. The third-order valence-corrected chi connectivity index (χ3v) is 5.61. The van der Waals surface area contributed by atoms with Gasteiger partial charge in [-0.3, -0.25) is 9.69 Å². The Hall–Kier alpha value is -3.59. The van der Waals surface area contributed by atoms with Gasteiger partial charge in [0.25, 0.3) is 5.56 Å². The van der Waals surface area contributed by atoms with Crippen molar-refractivity contribution in [3.63, 3.8) is 0 Å². The molecule has 5 rings (SSSR count). The molecule has 158 valence electrons. The number of anilines is 1. The van der Waals surface area contributed by atoms with Gasteiger partial charge >= 0.3 is 0 Å². The maximum absolute atomic E-state index is 13.5. The van der Waals surface area contributed by atoms with E-state index in [-0.39, 0.29) is 17.3 Å². The number of nitrogens with two attached hydrogens (primary N) is 1. The van der Waals surface area contributed by atoms with Crippen molar-refractivity contribution in [1.29, 1.82) is 0 Å². The molecule has 0 saturated carbocycles. The molecule has 1 aliphatic heterocycles. The molecule has 3 N–H and O–H groups in total. The van der Waals surface area contributed by atoms with Gasteiger partial charge in [-0.25, -0.2) is 14.4 Å². The molecule has 3 aromatic heterocycles. The van der Waals surface area contributed by atoms with Crippen LogP contribution in [0.5, 0.6) is 0 Å². The number of benzene rings is 1. The highest BCUT2D eigenvalue weighted by Gasteiger charge is 2.22. The minimum absolute atomic E-state index is 0.164. The van der Waals surface area contributed by atoms with Crippen molar-refractivity contribution in [2.24, 2.45) is 0 Å². The van der Waals surface area contributed by atoms with Crippen LogP contribution in [0, 0.1) is 12.7 Å². The fourth-order valence-electron chi connectivity index (χ4n) is 4.03. The molecule has 0 unspecified atom stereocenters. The Morgan fingerprint density at radius 1 is 1.13 bits per heavy atom. The topological polar surface area (TPSA) is 105 Å². The van der Waals surface area contributed by atoms with Gasteiger partial charge in [-0.1, -0.05) is 0 Å². The number of hydrogen-bond donors (Lipinski definition) is 2. The van der Waals surface area contributed by atoms with Crippen LogP contribution in [-0.4, -0.2) is 42.6 Å². The first-order valence-corrected chi connectivity index (χ1v) is 10.2. The summed E-state index contributed by atoms with van der Waals surface area (Å²) in [6.07, 6.45) is 3.98. The van der Waals surface area contributed by atoms with E-state index in [1.807, 2.05) is 0 Å². The number of halogens is 1. The van der Waals surface area contributed by atoms with Gasteiger partial charge in [-0.05, 0) is 63.2 Å². The summed E-state index contributed by atoms with van der Waals surface area (Å²) in [4.78, 5) is 26.4. The highest BCUT2D eigenvalue weighted by atomic mass is 19.1. The first-order chi connectivity index (χ1) is 15.0. The molecule has 4 heterocycles. The predicted molar refractivity (Wildman–Crippen MR) is 116 cm³/mol. The van der Waals surface area contributed by atoms with Gasteiger partial charge in [0, 0.05) is 22.9 Å². The van der Waals surface area contributed by atoms with Gasteiger partial charge in [0.1, 0.15) is 5.82 Å². The van der Waals surface area contributed by atoms with E-state index in [0.29, 0.717) is 40.4 Å². The average molecular weight is 419 g/mol. The molecular formula is C22H22FN7O. The number of fused-ring (bicyclic) bond motifs is 1. The lowest BCUT2D eigenvalue weighted by Gasteiger charge is -2.12. The smallest absolute Gasteiger partial charge is 0.250 e. The Kier molecular flexibility index (Phi) is 4.74. The first-order valence-electron chi connectivity index (χ1n) is 10.2. The average Bonchev–Trinajstić information content (AvgIpc) is 3.41. The Morgan fingerprint density at radius 2 is 1.87 bits per heavy atom. The summed E-state index contributed by atoms with van der Waals surface area (Å²) in [6.45, 7) is 4.42. The molecule has 1 aromatic carbocycles. The SMILES string of the molecule is Cc1cc(-c2c(-c3ccc(F)cc3)nc(N)n3nc(CN4CCCC4)nc23)c[nH]c1=O. The number of pyridine rings is 1. The third-order valence-electron chi connectivity index (χ3n) is 5.61. The number of hydrogen-bond acceptors (Lipinski definition) is 6. The Bertz CT molecular complexity index is 1320. The van der Waals surface area contributed by atoms with E-state index in [4.69, 9.17) is 10.7 Å². The van der Waals surface area contributed by atoms with E-state index in [1.54, 1.807) is 31.3 Å². The van der Waals surface area contributed by atoms with Crippen molar-refractivity contribution in [1.82, 2.24) is 29.5 Å². The highest BCUT2D eigenvalue weighted by molar-refractivity contribution is 5.90. The molecule has 0 aliphatic carbocycles. The van der Waals surface area contributed by atoms with Crippen molar-refractivity contribution in [3.05, 3.63) is 64.1 Å². The van der Waals surface area contributed by atoms with Gasteiger partial charge < -0.3 is 10.7 Å².